The highest BCUT2D eigenvalue weighted by Gasteiger charge is 2.59. The summed E-state index contributed by atoms with van der Waals surface area (Å²) in [5.41, 5.74) is 0.294. The topological polar surface area (TPSA) is 37.3 Å². The van der Waals surface area contributed by atoms with E-state index in [1.807, 2.05) is 0 Å². The summed E-state index contributed by atoms with van der Waals surface area (Å²) in [4.78, 5) is 11.5. The van der Waals surface area contributed by atoms with Gasteiger partial charge in [0.05, 0.1) is 5.60 Å². The molecule has 0 amide bonds. The molecule has 28 heavy (non-hydrogen) atoms. The van der Waals surface area contributed by atoms with E-state index in [-0.39, 0.29) is 5.41 Å². The molecule has 1 N–H and O–H groups in total. The van der Waals surface area contributed by atoms with Crippen LogP contribution < -0.4 is 0 Å². The Hall–Kier alpha value is -0.630. The van der Waals surface area contributed by atoms with Gasteiger partial charge in [0.15, 0.2) is 0 Å². The number of aliphatic hydroxyl groups is 1. The van der Waals surface area contributed by atoms with Gasteiger partial charge >= 0.3 is 0 Å². The SMILES string of the molecule is [2H]C1([2H])C[C@@]2(C)C(=CC[C@H]3[C@@H]4CC[C@H]([C@H](C)CCC(C)=O)[C@@]4(C)CC[C@@H]32)C[C@@]1(C)O. The molecular weight excluding hydrogens is 344 g/mol. The molecule has 0 saturated heterocycles. The summed E-state index contributed by atoms with van der Waals surface area (Å²) in [7, 11) is 0. The maximum atomic E-state index is 11.5. The maximum Gasteiger partial charge on any atom is 0.129 e. The molecule has 2 heteroatoms. The number of hydrogen-bond acceptors (Lipinski definition) is 2. The van der Waals surface area contributed by atoms with Gasteiger partial charge in [-0.1, -0.05) is 32.4 Å². The van der Waals surface area contributed by atoms with Gasteiger partial charge in [-0.25, -0.2) is 0 Å². The van der Waals surface area contributed by atoms with E-state index in [0.29, 0.717) is 60.1 Å². The molecule has 0 bridgehead atoms. The Balaban J connectivity index is 1.59. The zero-order chi connectivity index (χ0) is 22.1. The molecule has 158 valence electrons. The van der Waals surface area contributed by atoms with Gasteiger partial charge in [-0.15, -0.1) is 0 Å². The van der Waals surface area contributed by atoms with Gasteiger partial charge in [0, 0.05) is 9.16 Å². The second kappa shape index (κ2) is 6.96. The first kappa shape index (κ1) is 18.2. The van der Waals surface area contributed by atoms with Crippen LogP contribution in [0.4, 0.5) is 0 Å². The standard InChI is InChI=1S/C26H42O2/c1-17(6-7-18(2)27)21-10-11-22-20-9-8-19-16-24(3,28)14-15-25(19,4)23(20)12-13-26(21,22)5/h8,17,20-23,28H,6-7,9-16H2,1-5H3/t17-,20+,21-,22+,23+,24+,25+,26-/m1/s1/i14D2. The number of carbonyl (C=O) groups excluding carboxylic acids is 1. The van der Waals surface area contributed by atoms with E-state index >= 15 is 0 Å². The second-order valence-electron chi connectivity index (χ2n) is 11.5. The Labute approximate surface area is 175 Å². The Morgan fingerprint density at radius 2 is 2.00 bits per heavy atom. The summed E-state index contributed by atoms with van der Waals surface area (Å²) < 4.78 is 17.2. The van der Waals surface area contributed by atoms with Crippen LogP contribution in [0.25, 0.3) is 0 Å². The molecule has 0 aliphatic heterocycles. The summed E-state index contributed by atoms with van der Waals surface area (Å²) in [5.74, 6) is 3.51. The van der Waals surface area contributed by atoms with Crippen molar-refractivity contribution in [2.75, 3.05) is 0 Å². The number of carbonyl (C=O) groups is 1. The van der Waals surface area contributed by atoms with Gasteiger partial charge in [-0.3, -0.25) is 0 Å². The maximum absolute atomic E-state index is 11.5. The number of rotatable bonds is 4. The lowest BCUT2D eigenvalue weighted by Crippen LogP contribution is -2.52. The van der Waals surface area contributed by atoms with E-state index in [9.17, 15) is 9.90 Å². The van der Waals surface area contributed by atoms with Crippen molar-refractivity contribution in [2.45, 2.75) is 104 Å². The molecule has 0 spiro atoms. The molecule has 0 radical (unpaired) electrons. The fraction of sp³-hybridized carbons (Fsp3) is 0.885. The molecule has 0 aromatic rings. The van der Waals surface area contributed by atoms with Crippen LogP contribution in [-0.2, 0) is 4.79 Å². The number of fused-ring (bicyclic) bond motifs is 5. The van der Waals surface area contributed by atoms with Crippen molar-refractivity contribution in [2.24, 2.45) is 40.4 Å². The van der Waals surface area contributed by atoms with Crippen LogP contribution in [0.3, 0.4) is 0 Å². The fourth-order valence-corrected chi connectivity index (χ4v) is 8.09. The van der Waals surface area contributed by atoms with Crippen LogP contribution in [0.2, 0.25) is 0 Å². The minimum absolute atomic E-state index is 0.117. The van der Waals surface area contributed by atoms with Crippen molar-refractivity contribution < 1.29 is 12.6 Å². The van der Waals surface area contributed by atoms with Crippen molar-refractivity contribution in [1.29, 1.82) is 0 Å². The molecule has 0 aromatic carbocycles. The molecule has 3 fully saturated rings. The fourth-order valence-electron chi connectivity index (χ4n) is 8.09. The third-order valence-electron chi connectivity index (χ3n) is 9.71. The van der Waals surface area contributed by atoms with Crippen molar-refractivity contribution in [3.05, 3.63) is 11.6 Å². The van der Waals surface area contributed by atoms with E-state index in [4.69, 9.17) is 2.74 Å². The largest absolute Gasteiger partial charge is 0.390 e. The van der Waals surface area contributed by atoms with Crippen LogP contribution in [-0.4, -0.2) is 16.5 Å². The first-order chi connectivity index (χ1) is 13.8. The highest BCUT2D eigenvalue weighted by atomic mass is 16.3. The van der Waals surface area contributed by atoms with Crippen LogP contribution in [0.1, 0.15) is 102 Å². The van der Waals surface area contributed by atoms with Crippen molar-refractivity contribution in [1.82, 2.24) is 0 Å². The Kier molecular flexibility index (Phi) is 4.52. The Bertz CT molecular complexity index is 741. The van der Waals surface area contributed by atoms with Gasteiger partial charge < -0.3 is 9.90 Å². The first-order valence-corrected chi connectivity index (χ1v) is 11.7. The molecular formula is C26H42O2. The molecule has 8 atom stereocenters. The van der Waals surface area contributed by atoms with Gasteiger partial charge in [0.2, 0.25) is 0 Å². The molecule has 0 aromatic heterocycles. The number of hydrogen-bond donors (Lipinski definition) is 1. The summed E-state index contributed by atoms with van der Waals surface area (Å²) >= 11 is 0. The van der Waals surface area contributed by atoms with Crippen molar-refractivity contribution in [3.8, 4) is 0 Å². The van der Waals surface area contributed by atoms with E-state index in [2.05, 4.69) is 26.8 Å². The zero-order valence-corrected chi connectivity index (χ0v) is 18.7. The smallest absolute Gasteiger partial charge is 0.129 e. The predicted molar refractivity (Wildman–Crippen MR) is 115 cm³/mol. The van der Waals surface area contributed by atoms with Crippen LogP contribution in [0, 0.1) is 40.4 Å². The van der Waals surface area contributed by atoms with Gasteiger partial charge in [0.25, 0.3) is 0 Å². The molecule has 3 saturated carbocycles. The molecule has 2 nitrogen and oxygen atoms in total. The van der Waals surface area contributed by atoms with E-state index in [0.717, 1.165) is 12.8 Å². The zero-order valence-electron chi connectivity index (χ0n) is 20.7. The van der Waals surface area contributed by atoms with E-state index in [1.165, 1.54) is 31.3 Å². The van der Waals surface area contributed by atoms with Crippen LogP contribution in [0.5, 0.6) is 0 Å². The third-order valence-corrected chi connectivity index (χ3v) is 9.71. The lowest BCUT2D eigenvalue weighted by atomic mass is 9.46. The number of ketones is 1. The van der Waals surface area contributed by atoms with Crippen molar-refractivity contribution in [3.63, 3.8) is 0 Å². The molecule has 0 unspecified atom stereocenters. The normalized spacial score (nSPS) is 51.7. The van der Waals surface area contributed by atoms with Gasteiger partial charge in [-0.05, 0) is 112 Å². The minimum Gasteiger partial charge on any atom is -0.390 e. The summed E-state index contributed by atoms with van der Waals surface area (Å²) in [6.45, 7) is 10.6. The highest BCUT2D eigenvalue weighted by Crippen LogP contribution is 2.67. The lowest BCUT2D eigenvalue weighted by Gasteiger charge is -2.59. The lowest BCUT2D eigenvalue weighted by molar-refractivity contribution is -0.117. The molecule has 4 rings (SSSR count). The Morgan fingerprint density at radius 3 is 2.71 bits per heavy atom. The average Bonchev–Trinajstić information content (AvgIpc) is 2.98. The van der Waals surface area contributed by atoms with Crippen LogP contribution in [0.15, 0.2) is 11.6 Å². The monoisotopic (exact) mass is 388 g/mol. The number of Topliss-reactive ketones (excluding diaryl/α,β-unsaturated/α-hetero) is 1. The van der Waals surface area contributed by atoms with Gasteiger partial charge in [0.1, 0.15) is 5.78 Å². The quantitative estimate of drug-likeness (QED) is 0.572. The highest BCUT2D eigenvalue weighted by molar-refractivity contribution is 5.75. The summed E-state index contributed by atoms with van der Waals surface area (Å²) in [6, 6.07) is 0. The average molecular weight is 389 g/mol. The van der Waals surface area contributed by atoms with Crippen molar-refractivity contribution >= 4 is 5.78 Å². The number of allylic oxidation sites excluding steroid dienone is 1. The molecule has 4 aliphatic carbocycles. The van der Waals surface area contributed by atoms with E-state index < -0.39 is 12.0 Å². The molecule has 0 heterocycles. The van der Waals surface area contributed by atoms with Crippen LogP contribution >= 0.6 is 0 Å². The third kappa shape index (κ3) is 3.22. The first-order valence-electron chi connectivity index (χ1n) is 12.7. The van der Waals surface area contributed by atoms with E-state index in [1.54, 1.807) is 13.8 Å². The summed E-state index contributed by atoms with van der Waals surface area (Å²) in [6.07, 6.45) is 9.60. The van der Waals surface area contributed by atoms with Gasteiger partial charge in [-0.2, -0.15) is 0 Å². The molecule has 4 aliphatic rings. The minimum atomic E-state index is -1.54. The Morgan fingerprint density at radius 1 is 1.25 bits per heavy atom. The summed E-state index contributed by atoms with van der Waals surface area (Å²) in [5, 5.41) is 10.8. The second-order valence-corrected chi connectivity index (χ2v) is 11.5. The predicted octanol–water partition coefficient (Wildman–Crippen LogP) is 6.32.